The molecule has 0 amide bonds. The van der Waals surface area contributed by atoms with Crippen LogP contribution >= 0.6 is 0 Å². The predicted octanol–water partition coefficient (Wildman–Crippen LogP) is 7.17. The van der Waals surface area contributed by atoms with Gasteiger partial charge in [-0.05, 0) is 37.5 Å². The summed E-state index contributed by atoms with van der Waals surface area (Å²) in [6, 6.07) is 0. The second-order valence-corrected chi connectivity index (χ2v) is 7.02. The Labute approximate surface area is 133 Å². The predicted molar refractivity (Wildman–Crippen MR) is 94.7 cm³/mol. The van der Waals surface area contributed by atoms with Crippen LogP contribution < -0.4 is 0 Å². The molecule has 0 saturated carbocycles. The SMILES string of the molecule is CN=N/C(=C\CCCCCCCC(C)C)CCCC(C)C. The highest BCUT2D eigenvalue weighted by Gasteiger charge is 1.99. The molecule has 21 heavy (non-hydrogen) atoms. The van der Waals surface area contributed by atoms with Crippen molar-refractivity contribution in [1.29, 1.82) is 0 Å². The Balaban J connectivity index is 3.69. The lowest BCUT2D eigenvalue weighted by atomic mass is 10.0. The Morgan fingerprint density at radius 1 is 0.810 bits per heavy atom. The van der Waals surface area contributed by atoms with E-state index in [0.717, 1.165) is 18.3 Å². The highest BCUT2D eigenvalue weighted by atomic mass is 15.1. The van der Waals surface area contributed by atoms with Gasteiger partial charge >= 0.3 is 0 Å². The summed E-state index contributed by atoms with van der Waals surface area (Å²) in [5.41, 5.74) is 1.19. The summed E-state index contributed by atoms with van der Waals surface area (Å²) >= 11 is 0. The molecule has 0 aromatic rings. The van der Waals surface area contributed by atoms with E-state index in [1.807, 2.05) is 0 Å². The van der Waals surface area contributed by atoms with Crippen molar-refractivity contribution >= 4 is 0 Å². The molecular formula is C19H38N2. The zero-order valence-corrected chi connectivity index (χ0v) is 15.2. The molecule has 0 N–H and O–H groups in total. The number of rotatable bonds is 13. The summed E-state index contributed by atoms with van der Waals surface area (Å²) < 4.78 is 0. The number of nitrogens with zero attached hydrogens (tertiary/aromatic N) is 2. The molecule has 0 unspecified atom stereocenters. The van der Waals surface area contributed by atoms with Crippen molar-refractivity contribution in [2.75, 3.05) is 7.05 Å². The largest absolute Gasteiger partial charge is 0.192 e. The van der Waals surface area contributed by atoms with Gasteiger partial charge in [-0.25, -0.2) is 0 Å². The smallest absolute Gasteiger partial charge is 0.0586 e. The maximum Gasteiger partial charge on any atom is 0.0586 e. The van der Waals surface area contributed by atoms with Crippen molar-refractivity contribution in [3.8, 4) is 0 Å². The molecule has 0 rings (SSSR count). The van der Waals surface area contributed by atoms with Gasteiger partial charge in [-0.1, -0.05) is 72.3 Å². The van der Waals surface area contributed by atoms with E-state index in [9.17, 15) is 0 Å². The number of unbranched alkanes of at least 4 members (excludes halogenated alkanes) is 5. The molecule has 0 radical (unpaired) electrons. The summed E-state index contributed by atoms with van der Waals surface area (Å²) in [7, 11) is 1.77. The average Bonchev–Trinajstić information content (AvgIpc) is 2.40. The van der Waals surface area contributed by atoms with E-state index in [1.165, 1.54) is 63.5 Å². The fraction of sp³-hybridized carbons (Fsp3) is 0.895. The topological polar surface area (TPSA) is 24.7 Å². The molecular weight excluding hydrogens is 256 g/mol. The van der Waals surface area contributed by atoms with Crippen molar-refractivity contribution in [3.63, 3.8) is 0 Å². The third kappa shape index (κ3) is 15.5. The summed E-state index contributed by atoms with van der Waals surface area (Å²) in [5, 5.41) is 8.22. The van der Waals surface area contributed by atoms with Crippen LogP contribution in [0, 0.1) is 11.8 Å². The van der Waals surface area contributed by atoms with Crippen LogP contribution in [-0.2, 0) is 0 Å². The van der Waals surface area contributed by atoms with Gasteiger partial charge in [-0.3, -0.25) is 0 Å². The van der Waals surface area contributed by atoms with Gasteiger partial charge in [0.25, 0.3) is 0 Å². The standard InChI is InChI=1S/C19H38N2/c1-17(2)13-10-8-6-7-9-11-15-19(21-20-5)16-12-14-18(3)4/h15,17-18H,6-14,16H2,1-5H3/b19-15-,21-20?. The number of azo groups is 1. The first-order valence-corrected chi connectivity index (χ1v) is 9.05. The van der Waals surface area contributed by atoms with Crippen molar-refractivity contribution in [2.24, 2.45) is 22.1 Å². The molecule has 0 atom stereocenters. The third-order valence-electron chi connectivity index (χ3n) is 3.81. The van der Waals surface area contributed by atoms with Crippen LogP contribution in [0.15, 0.2) is 22.0 Å². The Morgan fingerprint density at radius 2 is 1.38 bits per heavy atom. The van der Waals surface area contributed by atoms with Crippen LogP contribution in [0.1, 0.15) is 91.9 Å². The third-order valence-corrected chi connectivity index (χ3v) is 3.81. The molecule has 0 fully saturated rings. The van der Waals surface area contributed by atoms with Crippen LogP contribution in [0.4, 0.5) is 0 Å². The molecule has 2 nitrogen and oxygen atoms in total. The zero-order chi connectivity index (χ0) is 15.9. The minimum Gasteiger partial charge on any atom is -0.192 e. The van der Waals surface area contributed by atoms with Crippen LogP contribution in [0.25, 0.3) is 0 Å². The zero-order valence-electron chi connectivity index (χ0n) is 15.2. The first-order chi connectivity index (χ1) is 10.1. The van der Waals surface area contributed by atoms with E-state index < -0.39 is 0 Å². The molecule has 0 saturated heterocycles. The summed E-state index contributed by atoms with van der Waals surface area (Å²) in [5.74, 6) is 1.65. The van der Waals surface area contributed by atoms with Crippen LogP contribution in [0.5, 0.6) is 0 Å². The van der Waals surface area contributed by atoms with Crippen molar-refractivity contribution < 1.29 is 0 Å². The van der Waals surface area contributed by atoms with E-state index in [0.29, 0.717) is 0 Å². The van der Waals surface area contributed by atoms with Crippen LogP contribution in [0.3, 0.4) is 0 Å². The Bertz CT molecular complexity index is 277. The fourth-order valence-electron chi connectivity index (χ4n) is 2.51. The number of hydrogen-bond donors (Lipinski definition) is 0. The maximum absolute atomic E-state index is 4.27. The van der Waals surface area contributed by atoms with Gasteiger partial charge < -0.3 is 0 Å². The first kappa shape index (κ1) is 20.3. The fourth-order valence-corrected chi connectivity index (χ4v) is 2.51. The van der Waals surface area contributed by atoms with Gasteiger partial charge in [0.15, 0.2) is 0 Å². The summed E-state index contributed by atoms with van der Waals surface area (Å²) in [6.07, 6.45) is 15.3. The lowest BCUT2D eigenvalue weighted by Gasteiger charge is -2.05. The molecule has 0 aliphatic heterocycles. The Hall–Kier alpha value is -0.660. The number of allylic oxidation sites excluding steroid dienone is 2. The van der Waals surface area contributed by atoms with Crippen molar-refractivity contribution in [2.45, 2.75) is 91.9 Å². The lowest BCUT2D eigenvalue weighted by Crippen LogP contribution is -1.89. The number of hydrogen-bond acceptors (Lipinski definition) is 2. The van der Waals surface area contributed by atoms with E-state index >= 15 is 0 Å². The molecule has 0 spiro atoms. The second-order valence-electron chi connectivity index (χ2n) is 7.02. The monoisotopic (exact) mass is 294 g/mol. The molecule has 124 valence electrons. The van der Waals surface area contributed by atoms with Gasteiger partial charge in [0.2, 0.25) is 0 Å². The maximum atomic E-state index is 4.27. The van der Waals surface area contributed by atoms with Gasteiger partial charge in [0.1, 0.15) is 0 Å². The van der Waals surface area contributed by atoms with E-state index in [2.05, 4.69) is 44.0 Å². The minimum atomic E-state index is 0.788. The van der Waals surface area contributed by atoms with E-state index in [1.54, 1.807) is 7.05 Å². The summed E-state index contributed by atoms with van der Waals surface area (Å²) in [6.45, 7) is 9.19. The highest BCUT2D eigenvalue weighted by Crippen LogP contribution is 2.16. The highest BCUT2D eigenvalue weighted by molar-refractivity contribution is 4.98. The van der Waals surface area contributed by atoms with Gasteiger partial charge in [0.05, 0.1) is 5.70 Å². The van der Waals surface area contributed by atoms with Gasteiger partial charge in [-0.2, -0.15) is 10.2 Å². The van der Waals surface area contributed by atoms with Crippen LogP contribution in [-0.4, -0.2) is 7.05 Å². The van der Waals surface area contributed by atoms with Gasteiger partial charge in [0, 0.05) is 7.05 Å². The van der Waals surface area contributed by atoms with Gasteiger partial charge in [-0.15, -0.1) is 0 Å². The first-order valence-electron chi connectivity index (χ1n) is 9.05. The lowest BCUT2D eigenvalue weighted by molar-refractivity contribution is 0.515. The van der Waals surface area contributed by atoms with Crippen LogP contribution in [0.2, 0.25) is 0 Å². The molecule has 0 bridgehead atoms. The summed E-state index contributed by atoms with van der Waals surface area (Å²) in [4.78, 5) is 0. The quantitative estimate of drug-likeness (QED) is 0.254. The minimum absolute atomic E-state index is 0.788. The molecule has 0 aliphatic carbocycles. The molecule has 0 aromatic heterocycles. The molecule has 2 heteroatoms. The normalized spacial score (nSPS) is 13.0. The Morgan fingerprint density at radius 3 is 2.00 bits per heavy atom. The molecule has 0 aromatic carbocycles. The Kier molecular flexibility index (Phi) is 13.8. The van der Waals surface area contributed by atoms with Crippen molar-refractivity contribution in [3.05, 3.63) is 11.8 Å². The second kappa shape index (κ2) is 14.3. The molecule has 0 heterocycles. The average molecular weight is 295 g/mol. The van der Waals surface area contributed by atoms with E-state index in [4.69, 9.17) is 0 Å². The van der Waals surface area contributed by atoms with Crippen molar-refractivity contribution in [1.82, 2.24) is 0 Å². The molecule has 0 aliphatic rings. The van der Waals surface area contributed by atoms with E-state index in [-0.39, 0.29) is 0 Å².